The minimum absolute atomic E-state index is 0.248. The van der Waals surface area contributed by atoms with Crippen LogP contribution in [0.25, 0.3) is 12.2 Å². The van der Waals surface area contributed by atoms with Gasteiger partial charge in [0.05, 0.1) is 6.20 Å². The molecule has 4 rings (SSSR count). The van der Waals surface area contributed by atoms with Crippen LogP contribution in [0.2, 0.25) is 0 Å². The lowest BCUT2D eigenvalue weighted by Gasteiger charge is -2.08. The van der Waals surface area contributed by atoms with E-state index in [-0.39, 0.29) is 12.4 Å². The number of oxazole rings is 1. The fourth-order valence-electron chi connectivity index (χ4n) is 3.28. The molecule has 2 heterocycles. The second kappa shape index (κ2) is 11.4. The molecule has 2 aromatic heterocycles. The quantitative estimate of drug-likeness (QED) is 0.245. The van der Waals surface area contributed by atoms with E-state index in [0.717, 1.165) is 31.6 Å². The number of alkyl halides is 3. The molecular formula is C25H23F3N4O3. The van der Waals surface area contributed by atoms with Gasteiger partial charge in [-0.25, -0.2) is 4.98 Å². The number of hydrogen-bond donors (Lipinski definition) is 0. The predicted molar refractivity (Wildman–Crippen MR) is 122 cm³/mol. The van der Waals surface area contributed by atoms with E-state index in [9.17, 15) is 13.2 Å². The Labute approximate surface area is 199 Å². The zero-order valence-electron chi connectivity index (χ0n) is 18.7. The number of hydrogen-bond acceptors (Lipinski definition) is 6. The van der Waals surface area contributed by atoms with E-state index in [1.54, 1.807) is 18.3 Å². The molecule has 4 aromatic rings. The lowest BCUT2D eigenvalue weighted by atomic mass is 10.1. The lowest BCUT2D eigenvalue weighted by Crippen LogP contribution is -2.16. The topological polar surface area (TPSA) is 75.2 Å². The lowest BCUT2D eigenvalue weighted by molar-refractivity contribution is -0.274. The second-order valence-corrected chi connectivity index (χ2v) is 7.68. The number of benzene rings is 2. The molecule has 0 aliphatic carbocycles. The van der Waals surface area contributed by atoms with Crippen LogP contribution in [-0.4, -0.2) is 26.3 Å². The van der Waals surface area contributed by atoms with Gasteiger partial charge in [0, 0.05) is 18.8 Å². The molecule has 10 heteroatoms. The first kappa shape index (κ1) is 24.1. The van der Waals surface area contributed by atoms with E-state index in [1.807, 2.05) is 35.1 Å². The first-order chi connectivity index (χ1) is 16.9. The molecule has 0 aliphatic heterocycles. The van der Waals surface area contributed by atoms with Gasteiger partial charge in [-0.3, -0.25) is 4.68 Å². The normalized spacial score (nSPS) is 11.7. The Morgan fingerprint density at radius 3 is 2.43 bits per heavy atom. The highest BCUT2D eigenvalue weighted by Gasteiger charge is 2.30. The summed E-state index contributed by atoms with van der Waals surface area (Å²) in [6.07, 6.45) is 6.70. The van der Waals surface area contributed by atoms with Crippen molar-refractivity contribution in [3.05, 3.63) is 89.9 Å². The van der Waals surface area contributed by atoms with Crippen molar-refractivity contribution < 1.29 is 27.1 Å². The van der Waals surface area contributed by atoms with Crippen molar-refractivity contribution in [3.8, 4) is 11.5 Å². The highest BCUT2D eigenvalue weighted by atomic mass is 19.4. The van der Waals surface area contributed by atoms with E-state index < -0.39 is 6.36 Å². The SMILES string of the molecule is FC(F)(F)Oc1ccc(/C=C/c2nc(COc3ccc(CCCCn4ccnn4)cc3)co2)cc1. The fraction of sp³-hybridized carbons (Fsp3) is 0.240. The van der Waals surface area contributed by atoms with Crippen LogP contribution in [0.1, 0.15) is 35.6 Å². The molecule has 0 saturated heterocycles. The van der Waals surface area contributed by atoms with Crippen molar-refractivity contribution in [3.63, 3.8) is 0 Å². The van der Waals surface area contributed by atoms with Gasteiger partial charge in [-0.1, -0.05) is 29.5 Å². The molecule has 2 aromatic carbocycles. The third kappa shape index (κ3) is 8.02. The Morgan fingerprint density at radius 2 is 1.71 bits per heavy atom. The molecular weight excluding hydrogens is 461 g/mol. The molecule has 35 heavy (non-hydrogen) atoms. The summed E-state index contributed by atoms with van der Waals surface area (Å²) in [5.41, 5.74) is 2.53. The van der Waals surface area contributed by atoms with E-state index in [0.29, 0.717) is 17.1 Å². The van der Waals surface area contributed by atoms with E-state index in [1.165, 1.54) is 36.1 Å². The van der Waals surface area contributed by atoms with Gasteiger partial charge in [0.2, 0.25) is 5.89 Å². The average molecular weight is 484 g/mol. The molecule has 0 saturated carbocycles. The van der Waals surface area contributed by atoms with Gasteiger partial charge in [-0.2, -0.15) is 0 Å². The van der Waals surface area contributed by atoms with Gasteiger partial charge < -0.3 is 13.9 Å². The molecule has 0 bridgehead atoms. The number of halogens is 3. The molecule has 0 aliphatic rings. The Bertz CT molecular complexity index is 1200. The van der Waals surface area contributed by atoms with Crippen molar-refractivity contribution in [2.45, 2.75) is 38.8 Å². The van der Waals surface area contributed by atoms with Crippen molar-refractivity contribution >= 4 is 12.2 Å². The van der Waals surface area contributed by atoms with Crippen LogP contribution in [0.4, 0.5) is 13.2 Å². The van der Waals surface area contributed by atoms with Crippen LogP contribution in [0.15, 0.2) is 71.6 Å². The summed E-state index contributed by atoms with van der Waals surface area (Å²) in [6, 6.07) is 13.5. The summed E-state index contributed by atoms with van der Waals surface area (Å²) in [7, 11) is 0. The van der Waals surface area contributed by atoms with Gasteiger partial charge in [0.25, 0.3) is 0 Å². The average Bonchev–Trinajstić information content (AvgIpc) is 3.52. The van der Waals surface area contributed by atoms with Gasteiger partial charge in [-0.15, -0.1) is 18.3 Å². The molecule has 0 radical (unpaired) electrons. The first-order valence-electron chi connectivity index (χ1n) is 11.0. The number of rotatable bonds is 11. The Balaban J connectivity index is 1.20. The van der Waals surface area contributed by atoms with Crippen molar-refractivity contribution in [1.82, 2.24) is 20.0 Å². The van der Waals surface area contributed by atoms with E-state index >= 15 is 0 Å². The van der Waals surface area contributed by atoms with E-state index in [2.05, 4.69) is 20.0 Å². The summed E-state index contributed by atoms with van der Waals surface area (Å²) in [4.78, 5) is 4.33. The summed E-state index contributed by atoms with van der Waals surface area (Å²) < 4.78 is 53.6. The minimum Gasteiger partial charge on any atom is -0.487 e. The fourth-order valence-corrected chi connectivity index (χ4v) is 3.28. The van der Waals surface area contributed by atoms with Crippen LogP contribution < -0.4 is 9.47 Å². The summed E-state index contributed by atoms with van der Waals surface area (Å²) >= 11 is 0. The highest BCUT2D eigenvalue weighted by Crippen LogP contribution is 2.23. The van der Waals surface area contributed by atoms with Crippen molar-refractivity contribution in [1.29, 1.82) is 0 Å². The molecule has 0 unspecified atom stereocenters. The van der Waals surface area contributed by atoms with Crippen molar-refractivity contribution in [2.75, 3.05) is 0 Å². The molecule has 0 atom stereocenters. The Kier molecular flexibility index (Phi) is 7.81. The van der Waals surface area contributed by atoms with Gasteiger partial charge in [0.15, 0.2) is 0 Å². The molecule has 7 nitrogen and oxygen atoms in total. The zero-order chi connectivity index (χ0) is 24.5. The summed E-state index contributed by atoms with van der Waals surface area (Å²) in [5, 5.41) is 7.75. The predicted octanol–water partition coefficient (Wildman–Crippen LogP) is 5.94. The first-order valence-corrected chi connectivity index (χ1v) is 11.0. The maximum atomic E-state index is 12.2. The van der Waals surface area contributed by atoms with Crippen LogP contribution >= 0.6 is 0 Å². The maximum absolute atomic E-state index is 12.2. The number of unbranched alkanes of at least 4 members (excludes halogenated alkanes) is 1. The van der Waals surface area contributed by atoms with Crippen LogP contribution in [0, 0.1) is 0 Å². The van der Waals surface area contributed by atoms with Gasteiger partial charge in [-0.05, 0) is 60.7 Å². The van der Waals surface area contributed by atoms with Crippen LogP contribution in [0.5, 0.6) is 11.5 Å². The smallest absolute Gasteiger partial charge is 0.487 e. The number of aromatic nitrogens is 4. The Hall–Kier alpha value is -4.08. The minimum atomic E-state index is -4.71. The van der Waals surface area contributed by atoms with Gasteiger partial charge >= 0.3 is 6.36 Å². The number of ether oxygens (including phenoxy) is 2. The number of aryl methyl sites for hydroxylation is 2. The largest absolute Gasteiger partial charge is 0.573 e. The monoisotopic (exact) mass is 484 g/mol. The zero-order valence-corrected chi connectivity index (χ0v) is 18.7. The van der Waals surface area contributed by atoms with Crippen molar-refractivity contribution in [2.24, 2.45) is 0 Å². The molecule has 0 spiro atoms. The standard InChI is InChI=1S/C25H23F3N4O3/c26-25(27,28)35-23-11-6-20(7-12-23)8-13-24-30-21(18-34-24)17-33-22-9-4-19(5-10-22)3-1-2-15-32-16-14-29-31-32/h4-14,16,18H,1-3,15,17H2/b13-8+. The van der Waals surface area contributed by atoms with E-state index in [4.69, 9.17) is 9.15 Å². The molecule has 182 valence electrons. The molecule has 0 fully saturated rings. The Morgan fingerprint density at radius 1 is 0.943 bits per heavy atom. The van der Waals surface area contributed by atoms with Crippen LogP contribution in [-0.2, 0) is 19.6 Å². The number of nitrogens with zero attached hydrogens (tertiary/aromatic N) is 4. The van der Waals surface area contributed by atoms with Crippen LogP contribution in [0.3, 0.4) is 0 Å². The molecule has 0 N–H and O–H groups in total. The molecule has 0 amide bonds. The summed E-state index contributed by atoms with van der Waals surface area (Å²) in [5.74, 6) is 0.819. The van der Waals surface area contributed by atoms with Gasteiger partial charge in [0.1, 0.15) is 30.1 Å². The third-order valence-electron chi connectivity index (χ3n) is 4.99. The third-order valence-corrected chi connectivity index (χ3v) is 4.99. The second-order valence-electron chi connectivity index (χ2n) is 7.68. The highest BCUT2D eigenvalue weighted by molar-refractivity contribution is 5.66. The summed E-state index contributed by atoms with van der Waals surface area (Å²) in [6.45, 7) is 1.11. The maximum Gasteiger partial charge on any atom is 0.573 e.